The predicted molar refractivity (Wildman–Crippen MR) is 89.1 cm³/mol. The Labute approximate surface area is 127 Å². The van der Waals surface area contributed by atoms with Crippen molar-refractivity contribution in [1.82, 2.24) is 4.98 Å². The van der Waals surface area contributed by atoms with E-state index in [1.165, 1.54) is 36.0 Å². The van der Waals surface area contributed by atoms with E-state index >= 15 is 0 Å². The zero-order valence-electron chi connectivity index (χ0n) is 13.1. The van der Waals surface area contributed by atoms with Crippen LogP contribution < -0.4 is 10.2 Å². The monoisotopic (exact) mass is 281 g/mol. The van der Waals surface area contributed by atoms with Gasteiger partial charge in [-0.05, 0) is 48.9 Å². The van der Waals surface area contributed by atoms with E-state index in [-0.39, 0.29) is 6.04 Å². The highest BCUT2D eigenvalue weighted by Gasteiger charge is 2.14. The molecule has 3 heteroatoms. The fourth-order valence-corrected chi connectivity index (χ4v) is 3.07. The Balaban J connectivity index is 1.82. The third-order valence-corrected chi connectivity index (χ3v) is 4.27. The molecule has 0 amide bonds. The smallest absolute Gasteiger partial charge is 0.0768 e. The summed E-state index contributed by atoms with van der Waals surface area (Å²) in [6.07, 6.45) is 7.50. The maximum absolute atomic E-state index is 4.24. The minimum atomic E-state index is 0.277. The lowest BCUT2D eigenvalue weighted by molar-refractivity contribution is 0.876. The molecule has 1 aliphatic carbocycles. The van der Waals surface area contributed by atoms with Gasteiger partial charge in [-0.25, -0.2) is 0 Å². The van der Waals surface area contributed by atoms with Gasteiger partial charge in [0.15, 0.2) is 0 Å². The topological polar surface area (TPSA) is 28.2 Å². The molecule has 3 rings (SSSR count). The normalized spacial score (nSPS) is 14.6. The molecule has 0 spiro atoms. The summed E-state index contributed by atoms with van der Waals surface area (Å²) in [6, 6.07) is 9.24. The third-order valence-electron chi connectivity index (χ3n) is 4.27. The van der Waals surface area contributed by atoms with Crippen LogP contribution in [0.2, 0.25) is 0 Å². The average molecular weight is 281 g/mol. The minimum absolute atomic E-state index is 0.277. The fourth-order valence-electron chi connectivity index (χ4n) is 3.07. The van der Waals surface area contributed by atoms with Gasteiger partial charge in [-0.15, -0.1) is 0 Å². The molecule has 3 nitrogen and oxygen atoms in total. The van der Waals surface area contributed by atoms with Crippen molar-refractivity contribution in [1.29, 1.82) is 0 Å². The fraction of sp³-hybridized carbons (Fsp3) is 0.389. The minimum Gasteiger partial charge on any atom is -0.376 e. The second-order valence-electron chi connectivity index (χ2n) is 6.03. The lowest BCUT2D eigenvalue weighted by Crippen LogP contribution is -2.14. The zero-order chi connectivity index (χ0) is 14.8. The van der Waals surface area contributed by atoms with E-state index in [2.05, 4.69) is 54.4 Å². The van der Waals surface area contributed by atoms with Crippen molar-refractivity contribution in [2.45, 2.75) is 32.2 Å². The van der Waals surface area contributed by atoms with Crippen LogP contribution in [-0.2, 0) is 12.8 Å². The largest absolute Gasteiger partial charge is 0.376 e. The van der Waals surface area contributed by atoms with Crippen LogP contribution in [0.15, 0.2) is 36.7 Å². The summed E-state index contributed by atoms with van der Waals surface area (Å²) in [5.74, 6) is 0. The first kappa shape index (κ1) is 13.9. The van der Waals surface area contributed by atoms with Crippen molar-refractivity contribution in [3.05, 3.63) is 53.3 Å². The van der Waals surface area contributed by atoms with Crippen LogP contribution in [0, 0.1) is 0 Å². The van der Waals surface area contributed by atoms with E-state index in [0.717, 1.165) is 11.4 Å². The molecular weight excluding hydrogens is 258 g/mol. The van der Waals surface area contributed by atoms with Gasteiger partial charge in [-0.2, -0.15) is 0 Å². The molecule has 1 heterocycles. The Hall–Kier alpha value is -2.03. The first-order valence-corrected chi connectivity index (χ1v) is 7.64. The molecule has 1 aromatic carbocycles. The summed E-state index contributed by atoms with van der Waals surface area (Å²) in [5, 5.41) is 3.60. The molecule has 0 aliphatic heterocycles. The van der Waals surface area contributed by atoms with Crippen molar-refractivity contribution in [3.63, 3.8) is 0 Å². The Morgan fingerprint density at radius 1 is 1.14 bits per heavy atom. The molecule has 21 heavy (non-hydrogen) atoms. The Kier molecular flexibility index (Phi) is 3.82. The number of aromatic nitrogens is 1. The molecule has 1 aliphatic rings. The van der Waals surface area contributed by atoms with Gasteiger partial charge in [0.25, 0.3) is 0 Å². The van der Waals surface area contributed by atoms with Crippen LogP contribution in [-0.4, -0.2) is 19.1 Å². The van der Waals surface area contributed by atoms with Crippen LogP contribution in [0.25, 0.3) is 0 Å². The maximum atomic E-state index is 4.24. The lowest BCUT2D eigenvalue weighted by Gasteiger charge is -2.22. The number of rotatable bonds is 4. The van der Waals surface area contributed by atoms with Gasteiger partial charge in [-0.3, -0.25) is 4.98 Å². The first-order valence-electron chi connectivity index (χ1n) is 7.64. The van der Waals surface area contributed by atoms with Crippen molar-refractivity contribution < 1.29 is 0 Å². The summed E-state index contributed by atoms with van der Waals surface area (Å²) in [5.41, 5.74) is 6.65. The first-order chi connectivity index (χ1) is 10.1. The molecule has 1 aromatic heterocycles. The van der Waals surface area contributed by atoms with Gasteiger partial charge >= 0.3 is 0 Å². The lowest BCUT2D eigenvalue weighted by atomic mass is 10.0. The quantitative estimate of drug-likeness (QED) is 0.923. The molecule has 0 bridgehead atoms. The number of fused-ring (bicyclic) bond motifs is 1. The van der Waals surface area contributed by atoms with E-state index in [4.69, 9.17) is 0 Å². The van der Waals surface area contributed by atoms with Crippen molar-refractivity contribution >= 4 is 11.4 Å². The SMILES string of the molecule is CC(Nc1cnccc1N(C)C)c1ccc2c(c1)CCC2. The summed E-state index contributed by atoms with van der Waals surface area (Å²) in [6.45, 7) is 2.21. The summed E-state index contributed by atoms with van der Waals surface area (Å²) < 4.78 is 0. The molecule has 1 N–H and O–H groups in total. The molecule has 0 radical (unpaired) electrons. The standard InChI is InChI=1S/C18H23N3/c1-13(15-8-7-14-5-4-6-16(14)11-15)20-17-12-19-10-9-18(17)21(2)3/h7-13,20H,4-6H2,1-3H3. The Bertz CT molecular complexity index is 634. The van der Waals surface area contributed by atoms with E-state index in [9.17, 15) is 0 Å². The number of nitrogens with zero attached hydrogens (tertiary/aromatic N) is 2. The van der Waals surface area contributed by atoms with E-state index in [1.54, 1.807) is 0 Å². The van der Waals surface area contributed by atoms with Gasteiger partial charge in [0.05, 0.1) is 17.6 Å². The number of aryl methyl sites for hydroxylation is 2. The molecule has 0 fully saturated rings. The second-order valence-corrected chi connectivity index (χ2v) is 6.03. The van der Waals surface area contributed by atoms with Crippen LogP contribution in [0.5, 0.6) is 0 Å². The molecular formula is C18H23N3. The Morgan fingerprint density at radius 3 is 2.76 bits per heavy atom. The number of pyridine rings is 1. The van der Waals surface area contributed by atoms with Crippen molar-refractivity contribution in [3.8, 4) is 0 Å². The predicted octanol–water partition coefficient (Wildman–Crippen LogP) is 3.81. The van der Waals surface area contributed by atoms with Gasteiger partial charge in [-0.1, -0.05) is 18.2 Å². The molecule has 2 aromatic rings. The summed E-state index contributed by atoms with van der Waals surface area (Å²) in [7, 11) is 4.11. The van der Waals surface area contributed by atoms with Crippen molar-refractivity contribution in [2.75, 3.05) is 24.3 Å². The second kappa shape index (κ2) is 5.76. The molecule has 0 saturated heterocycles. The highest BCUT2D eigenvalue weighted by Crippen LogP contribution is 2.29. The summed E-state index contributed by atoms with van der Waals surface area (Å²) >= 11 is 0. The third kappa shape index (κ3) is 2.87. The van der Waals surface area contributed by atoms with Crippen LogP contribution in [0.4, 0.5) is 11.4 Å². The van der Waals surface area contributed by atoms with Gasteiger partial charge in [0.1, 0.15) is 0 Å². The zero-order valence-corrected chi connectivity index (χ0v) is 13.1. The average Bonchev–Trinajstić information content (AvgIpc) is 2.94. The van der Waals surface area contributed by atoms with E-state index in [1.807, 2.05) is 18.5 Å². The number of benzene rings is 1. The van der Waals surface area contributed by atoms with E-state index < -0.39 is 0 Å². The number of hydrogen-bond acceptors (Lipinski definition) is 3. The van der Waals surface area contributed by atoms with Gasteiger partial charge in [0.2, 0.25) is 0 Å². The van der Waals surface area contributed by atoms with Crippen LogP contribution in [0.1, 0.15) is 36.1 Å². The van der Waals surface area contributed by atoms with Crippen LogP contribution >= 0.6 is 0 Å². The number of hydrogen-bond donors (Lipinski definition) is 1. The molecule has 1 unspecified atom stereocenters. The number of anilines is 2. The Morgan fingerprint density at radius 2 is 1.95 bits per heavy atom. The highest BCUT2D eigenvalue weighted by molar-refractivity contribution is 5.68. The highest BCUT2D eigenvalue weighted by atomic mass is 15.1. The number of nitrogens with one attached hydrogen (secondary N) is 1. The molecule has 0 saturated carbocycles. The molecule has 1 atom stereocenters. The van der Waals surface area contributed by atoms with Gasteiger partial charge < -0.3 is 10.2 Å². The van der Waals surface area contributed by atoms with Crippen molar-refractivity contribution in [2.24, 2.45) is 0 Å². The van der Waals surface area contributed by atoms with Gasteiger partial charge in [0, 0.05) is 26.3 Å². The summed E-state index contributed by atoms with van der Waals surface area (Å²) in [4.78, 5) is 6.35. The van der Waals surface area contributed by atoms with E-state index in [0.29, 0.717) is 0 Å². The molecule has 110 valence electrons. The maximum Gasteiger partial charge on any atom is 0.0768 e. The van der Waals surface area contributed by atoms with Crippen LogP contribution in [0.3, 0.4) is 0 Å².